The van der Waals surface area contributed by atoms with Crippen LogP contribution in [-0.4, -0.2) is 14.5 Å². The number of halogens is 2. The van der Waals surface area contributed by atoms with E-state index in [1.807, 2.05) is 29.0 Å². The minimum Gasteiger partial charge on any atom is -0.380 e. The first-order chi connectivity index (χ1) is 9.72. The Balaban J connectivity index is 1.74. The zero-order valence-electron chi connectivity index (χ0n) is 10.3. The lowest BCUT2D eigenvalue weighted by atomic mass is 10.2. The molecule has 4 nitrogen and oxygen atoms in total. The van der Waals surface area contributed by atoms with Crippen LogP contribution in [0.15, 0.2) is 43.1 Å². The van der Waals surface area contributed by atoms with Gasteiger partial charge in [-0.1, -0.05) is 23.2 Å². The topological polar surface area (TPSA) is 42.7 Å². The van der Waals surface area contributed by atoms with E-state index in [2.05, 4.69) is 15.3 Å². The molecule has 20 heavy (non-hydrogen) atoms. The number of nitrogens with zero attached hydrogens (tertiary/aromatic N) is 3. The highest BCUT2D eigenvalue weighted by atomic mass is 35.5. The van der Waals surface area contributed by atoms with E-state index in [1.54, 1.807) is 18.7 Å². The maximum Gasteiger partial charge on any atom is 0.183 e. The van der Waals surface area contributed by atoms with Gasteiger partial charge in [0.05, 0.1) is 23.6 Å². The molecule has 0 fully saturated rings. The molecule has 1 N–H and O–H groups in total. The molecule has 0 bridgehead atoms. The lowest BCUT2D eigenvalue weighted by Crippen LogP contribution is -1.98. The highest BCUT2D eigenvalue weighted by molar-refractivity contribution is 7.15. The van der Waals surface area contributed by atoms with E-state index in [0.29, 0.717) is 16.0 Å². The first-order valence-electron chi connectivity index (χ1n) is 5.84. The molecule has 0 aliphatic heterocycles. The van der Waals surface area contributed by atoms with E-state index in [0.717, 1.165) is 16.3 Å². The second kappa shape index (κ2) is 5.83. The van der Waals surface area contributed by atoms with Gasteiger partial charge in [-0.25, -0.2) is 9.97 Å². The minimum absolute atomic E-state index is 0.551. The van der Waals surface area contributed by atoms with E-state index >= 15 is 0 Å². The van der Waals surface area contributed by atoms with Crippen molar-refractivity contribution in [1.29, 1.82) is 0 Å². The van der Waals surface area contributed by atoms with Crippen molar-refractivity contribution in [2.24, 2.45) is 0 Å². The number of imidazole rings is 1. The van der Waals surface area contributed by atoms with Crippen LogP contribution in [0.3, 0.4) is 0 Å². The largest absolute Gasteiger partial charge is 0.380 e. The molecule has 0 unspecified atom stereocenters. The lowest BCUT2D eigenvalue weighted by molar-refractivity contribution is 1.06. The van der Waals surface area contributed by atoms with Gasteiger partial charge in [-0.15, -0.1) is 11.3 Å². The number of anilines is 1. The molecule has 1 aromatic carbocycles. The van der Waals surface area contributed by atoms with Gasteiger partial charge in [0.15, 0.2) is 4.47 Å². The molecule has 0 atom stereocenters. The van der Waals surface area contributed by atoms with Crippen molar-refractivity contribution in [1.82, 2.24) is 14.5 Å². The molecule has 3 rings (SSSR count). The second-order valence-electron chi connectivity index (χ2n) is 4.07. The van der Waals surface area contributed by atoms with Crippen molar-refractivity contribution < 1.29 is 0 Å². The fraction of sp³-hybridized carbons (Fsp3) is 0.0769. The Morgan fingerprint density at radius 1 is 1.30 bits per heavy atom. The molecule has 2 aromatic heterocycles. The van der Waals surface area contributed by atoms with E-state index in [9.17, 15) is 0 Å². The molecule has 0 aliphatic carbocycles. The number of thiazole rings is 1. The molecular weight excluding hydrogens is 315 g/mol. The van der Waals surface area contributed by atoms with Gasteiger partial charge in [0.25, 0.3) is 0 Å². The van der Waals surface area contributed by atoms with Crippen molar-refractivity contribution in [2.45, 2.75) is 6.54 Å². The van der Waals surface area contributed by atoms with Gasteiger partial charge in [0, 0.05) is 29.2 Å². The number of hydrogen-bond acceptors (Lipinski definition) is 4. The summed E-state index contributed by atoms with van der Waals surface area (Å²) in [5.74, 6) is 0. The van der Waals surface area contributed by atoms with Crippen molar-refractivity contribution in [3.8, 4) is 5.69 Å². The van der Waals surface area contributed by atoms with Gasteiger partial charge in [0.1, 0.15) is 0 Å². The van der Waals surface area contributed by atoms with Gasteiger partial charge in [-0.3, -0.25) is 0 Å². The van der Waals surface area contributed by atoms with Gasteiger partial charge in [0.2, 0.25) is 0 Å². The maximum atomic E-state index is 6.29. The molecule has 102 valence electrons. The third-order valence-electron chi connectivity index (χ3n) is 2.72. The van der Waals surface area contributed by atoms with Crippen LogP contribution in [0.5, 0.6) is 0 Å². The fourth-order valence-corrected chi connectivity index (χ4v) is 2.98. The first-order valence-corrected chi connectivity index (χ1v) is 7.41. The summed E-state index contributed by atoms with van der Waals surface area (Å²) in [6.45, 7) is 0.672. The van der Waals surface area contributed by atoms with Crippen LogP contribution < -0.4 is 5.32 Å². The standard InChI is InChI=1S/C13H10Cl2N4S/c14-11-5-9(17-6-10-7-18-13(15)20-10)1-2-12(11)19-4-3-16-8-19/h1-5,7-8,17H,6H2. The Labute approximate surface area is 130 Å². The van der Waals surface area contributed by atoms with E-state index in [-0.39, 0.29) is 0 Å². The third kappa shape index (κ3) is 2.95. The summed E-state index contributed by atoms with van der Waals surface area (Å²) in [6, 6.07) is 5.81. The fourth-order valence-electron chi connectivity index (χ4n) is 1.78. The Morgan fingerprint density at radius 3 is 2.85 bits per heavy atom. The Morgan fingerprint density at radius 2 is 2.20 bits per heavy atom. The molecule has 0 radical (unpaired) electrons. The molecule has 0 aliphatic rings. The molecule has 0 saturated heterocycles. The van der Waals surface area contributed by atoms with Crippen molar-refractivity contribution in [3.05, 3.63) is 57.5 Å². The zero-order chi connectivity index (χ0) is 13.9. The predicted octanol–water partition coefficient (Wildman–Crippen LogP) is 4.25. The van der Waals surface area contributed by atoms with Crippen LogP contribution in [0.25, 0.3) is 5.69 Å². The first kappa shape index (κ1) is 13.4. The van der Waals surface area contributed by atoms with Gasteiger partial charge in [-0.2, -0.15) is 0 Å². The maximum absolute atomic E-state index is 6.29. The van der Waals surface area contributed by atoms with Crippen LogP contribution in [0.1, 0.15) is 4.88 Å². The quantitative estimate of drug-likeness (QED) is 0.780. The monoisotopic (exact) mass is 324 g/mol. The summed E-state index contributed by atoms with van der Waals surface area (Å²) in [5, 5.41) is 3.95. The van der Waals surface area contributed by atoms with Crippen molar-refractivity contribution in [3.63, 3.8) is 0 Å². The molecule has 0 saturated carbocycles. The van der Waals surface area contributed by atoms with Crippen molar-refractivity contribution >= 4 is 40.2 Å². The average Bonchev–Trinajstić information content (AvgIpc) is 3.08. The highest BCUT2D eigenvalue weighted by Gasteiger charge is 2.04. The Hall–Kier alpha value is -1.56. The summed E-state index contributed by atoms with van der Waals surface area (Å²) in [6.07, 6.45) is 7.05. The molecule has 7 heteroatoms. The molecule has 0 spiro atoms. The van der Waals surface area contributed by atoms with Gasteiger partial charge < -0.3 is 9.88 Å². The summed E-state index contributed by atoms with van der Waals surface area (Å²) in [7, 11) is 0. The van der Waals surface area contributed by atoms with Crippen LogP contribution >= 0.6 is 34.5 Å². The lowest BCUT2D eigenvalue weighted by Gasteiger charge is -2.09. The van der Waals surface area contributed by atoms with Crippen LogP contribution in [-0.2, 0) is 6.54 Å². The highest BCUT2D eigenvalue weighted by Crippen LogP contribution is 2.25. The SMILES string of the molecule is Clc1ncc(CNc2ccc(-n3ccnc3)c(Cl)c2)s1. The average molecular weight is 325 g/mol. The summed E-state index contributed by atoms with van der Waals surface area (Å²) >= 11 is 13.5. The van der Waals surface area contributed by atoms with Crippen LogP contribution in [0.2, 0.25) is 9.49 Å². The molecule has 3 aromatic rings. The Bertz CT molecular complexity index is 709. The van der Waals surface area contributed by atoms with E-state index in [1.165, 1.54) is 11.3 Å². The van der Waals surface area contributed by atoms with Crippen LogP contribution in [0, 0.1) is 0 Å². The van der Waals surface area contributed by atoms with E-state index < -0.39 is 0 Å². The van der Waals surface area contributed by atoms with Gasteiger partial charge >= 0.3 is 0 Å². The number of rotatable bonds is 4. The number of hydrogen-bond donors (Lipinski definition) is 1. The third-order valence-corrected chi connectivity index (χ3v) is 4.14. The molecular formula is C13H10Cl2N4S. The second-order valence-corrected chi connectivity index (χ2v) is 6.17. The normalized spacial score (nSPS) is 10.7. The summed E-state index contributed by atoms with van der Waals surface area (Å²) < 4.78 is 2.42. The van der Waals surface area contributed by atoms with Crippen LogP contribution in [0.4, 0.5) is 5.69 Å². The predicted molar refractivity (Wildman–Crippen MR) is 83.0 cm³/mol. The number of aromatic nitrogens is 3. The smallest absolute Gasteiger partial charge is 0.183 e. The number of benzene rings is 1. The Kier molecular flexibility index (Phi) is 3.91. The zero-order valence-corrected chi connectivity index (χ0v) is 12.6. The van der Waals surface area contributed by atoms with E-state index in [4.69, 9.17) is 23.2 Å². The molecule has 2 heterocycles. The van der Waals surface area contributed by atoms with Gasteiger partial charge in [-0.05, 0) is 18.2 Å². The summed E-state index contributed by atoms with van der Waals surface area (Å²) in [4.78, 5) is 9.09. The molecule has 0 amide bonds. The summed E-state index contributed by atoms with van der Waals surface area (Å²) in [5.41, 5.74) is 1.85. The minimum atomic E-state index is 0.551. The number of nitrogens with one attached hydrogen (secondary N) is 1. The van der Waals surface area contributed by atoms with Crippen molar-refractivity contribution in [2.75, 3.05) is 5.32 Å².